The van der Waals surface area contributed by atoms with E-state index in [4.69, 9.17) is 13.9 Å². The van der Waals surface area contributed by atoms with Crippen molar-refractivity contribution in [1.82, 2.24) is 10.2 Å². The first-order valence-electron chi connectivity index (χ1n) is 9.88. The fourth-order valence-electron chi connectivity index (χ4n) is 3.91. The third-order valence-corrected chi connectivity index (χ3v) is 5.41. The lowest BCUT2D eigenvalue weighted by Gasteiger charge is -2.28. The molecule has 6 heteroatoms. The summed E-state index contributed by atoms with van der Waals surface area (Å²) in [7, 11) is 3.26. The molecule has 1 amide bonds. The minimum absolute atomic E-state index is 0.00386. The second kappa shape index (κ2) is 9.64. The topological polar surface area (TPSA) is 63.9 Å². The molecule has 1 fully saturated rings. The molecule has 1 N–H and O–H groups in total. The van der Waals surface area contributed by atoms with Crippen LogP contribution in [0, 0.1) is 0 Å². The van der Waals surface area contributed by atoms with Gasteiger partial charge in [-0.05, 0) is 50.1 Å². The number of nitrogens with zero attached hydrogens (tertiary/aromatic N) is 1. The summed E-state index contributed by atoms with van der Waals surface area (Å²) in [5, 5.41) is 3.11. The Morgan fingerprint density at radius 3 is 2.68 bits per heavy atom. The van der Waals surface area contributed by atoms with E-state index in [2.05, 4.69) is 10.2 Å². The minimum Gasteiger partial charge on any atom is -0.497 e. The quantitative estimate of drug-likeness (QED) is 0.708. The molecule has 0 radical (unpaired) electrons. The Kier molecular flexibility index (Phi) is 6.98. The zero-order valence-corrected chi connectivity index (χ0v) is 16.9. The molecule has 0 saturated heterocycles. The molecule has 152 valence electrons. The fourth-order valence-corrected chi connectivity index (χ4v) is 3.91. The van der Waals surface area contributed by atoms with Crippen molar-refractivity contribution < 1.29 is 18.7 Å². The second-order valence-corrected chi connectivity index (χ2v) is 7.32. The summed E-state index contributed by atoms with van der Waals surface area (Å²) in [6.45, 7) is 2.96. The standard InChI is InChI=1S/C22H30N2O4/c1-16(20-13-18(26-2)10-11-21(20)27-3)23-22(25)15-24(17-7-4-5-8-17)14-19-9-6-12-28-19/h6,9-13,16-17H,4-5,7-8,14-15H2,1-3H3,(H,23,25). The molecule has 0 aliphatic heterocycles. The number of carbonyl (C=O) groups is 1. The molecule has 1 aliphatic carbocycles. The molecule has 3 rings (SSSR count). The van der Waals surface area contributed by atoms with Crippen LogP contribution in [-0.2, 0) is 11.3 Å². The van der Waals surface area contributed by atoms with Crippen LogP contribution in [-0.4, -0.2) is 37.6 Å². The van der Waals surface area contributed by atoms with Gasteiger partial charge in [0.15, 0.2) is 0 Å². The lowest BCUT2D eigenvalue weighted by atomic mass is 10.1. The van der Waals surface area contributed by atoms with E-state index in [0.29, 0.717) is 19.1 Å². The molecule has 1 aromatic heterocycles. The van der Waals surface area contributed by atoms with Gasteiger partial charge >= 0.3 is 0 Å². The van der Waals surface area contributed by atoms with Gasteiger partial charge in [0.25, 0.3) is 0 Å². The van der Waals surface area contributed by atoms with E-state index in [0.717, 1.165) is 35.7 Å². The van der Waals surface area contributed by atoms with Crippen LogP contribution in [0.3, 0.4) is 0 Å². The van der Waals surface area contributed by atoms with Crippen LogP contribution in [0.2, 0.25) is 0 Å². The van der Waals surface area contributed by atoms with Crippen molar-refractivity contribution in [1.29, 1.82) is 0 Å². The second-order valence-electron chi connectivity index (χ2n) is 7.32. The van der Waals surface area contributed by atoms with Crippen molar-refractivity contribution in [2.24, 2.45) is 0 Å². The maximum absolute atomic E-state index is 12.8. The van der Waals surface area contributed by atoms with E-state index in [1.807, 2.05) is 37.3 Å². The van der Waals surface area contributed by atoms with Gasteiger partial charge < -0.3 is 19.2 Å². The molecule has 1 atom stereocenters. The van der Waals surface area contributed by atoms with Gasteiger partial charge in [-0.15, -0.1) is 0 Å². The molecule has 1 saturated carbocycles. The third kappa shape index (κ3) is 5.07. The largest absolute Gasteiger partial charge is 0.497 e. The SMILES string of the molecule is COc1ccc(OC)c(C(C)NC(=O)CN(Cc2ccco2)C2CCCC2)c1. The number of rotatable bonds is 9. The van der Waals surface area contributed by atoms with Crippen LogP contribution in [0.5, 0.6) is 11.5 Å². The van der Waals surface area contributed by atoms with Gasteiger partial charge in [-0.25, -0.2) is 0 Å². The maximum atomic E-state index is 12.8. The van der Waals surface area contributed by atoms with Gasteiger partial charge in [-0.1, -0.05) is 12.8 Å². The third-order valence-electron chi connectivity index (χ3n) is 5.41. The number of benzene rings is 1. The smallest absolute Gasteiger partial charge is 0.234 e. The normalized spacial score (nSPS) is 15.6. The zero-order valence-electron chi connectivity index (χ0n) is 16.9. The molecule has 0 bridgehead atoms. The molecule has 1 aromatic carbocycles. The Hall–Kier alpha value is -2.47. The molecular formula is C22H30N2O4. The summed E-state index contributed by atoms with van der Waals surface area (Å²) >= 11 is 0. The summed E-state index contributed by atoms with van der Waals surface area (Å²) < 4.78 is 16.3. The molecule has 1 unspecified atom stereocenters. The van der Waals surface area contributed by atoms with Crippen molar-refractivity contribution in [3.05, 3.63) is 47.9 Å². The Morgan fingerprint density at radius 2 is 2.04 bits per heavy atom. The monoisotopic (exact) mass is 386 g/mol. The van der Waals surface area contributed by atoms with Crippen LogP contribution in [0.25, 0.3) is 0 Å². The fraction of sp³-hybridized carbons (Fsp3) is 0.500. The highest BCUT2D eigenvalue weighted by molar-refractivity contribution is 5.78. The van der Waals surface area contributed by atoms with Gasteiger partial charge in [0.05, 0.1) is 39.6 Å². The summed E-state index contributed by atoms with van der Waals surface area (Å²) in [6.07, 6.45) is 6.39. The number of amides is 1. The van der Waals surface area contributed by atoms with Crippen LogP contribution < -0.4 is 14.8 Å². The Morgan fingerprint density at radius 1 is 1.25 bits per heavy atom. The highest BCUT2D eigenvalue weighted by Crippen LogP contribution is 2.29. The van der Waals surface area contributed by atoms with E-state index < -0.39 is 0 Å². The Bertz CT molecular complexity index is 754. The average Bonchev–Trinajstić information content (AvgIpc) is 3.40. The summed E-state index contributed by atoms with van der Waals surface area (Å²) in [6, 6.07) is 9.70. The summed E-state index contributed by atoms with van der Waals surface area (Å²) in [5.74, 6) is 2.36. The van der Waals surface area contributed by atoms with Crippen LogP contribution >= 0.6 is 0 Å². The number of carbonyl (C=O) groups excluding carboxylic acids is 1. The first-order chi connectivity index (χ1) is 13.6. The number of ether oxygens (including phenoxy) is 2. The van der Waals surface area contributed by atoms with Gasteiger partial charge in [-0.3, -0.25) is 9.69 Å². The molecule has 28 heavy (non-hydrogen) atoms. The van der Waals surface area contributed by atoms with Crippen molar-refractivity contribution >= 4 is 5.91 Å². The highest BCUT2D eigenvalue weighted by atomic mass is 16.5. The average molecular weight is 386 g/mol. The van der Waals surface area contributed by atoms with Crippen LogP contribution in [0.15, 0.2) is 41.0 Å². The minimum atomic E-state index is -0.188. The lowest BCUT2D eigenvalue weighted by molar-refractivity contribution is -0.123. The number of hydrogen-bond donors (Lipinski definition) is 1. The number of methoxy groups -OCH3 is 2. The van der Waals surface area contributed by atoms with E-state index in [9.17, 15) is 4.79 Å². The van der Waals surface area contributed by atoms with Crippen molar-refractivity contribution in [2.75, 3.05) is 20.8 Å². The van der Waals surface area contributed by atoms with Crippen molar-refractivity contribution in [3.63, 3.8) is 0 Å². The van der Waals surface area contributed by atoms with E-state index in [1.54, 1.807) is 20.5 Å². The van der Waals surface area contributed by atoms with Gasteiger partial charge in [0.1, 0.15) is 17.3 Å². The molecule has 1 aliphatic rings. The molecule has 2 aromatic rings. The highest BCUT2D eigenvalue weighted by Gasteiger charge is 2.26. The molecule has 6 nitrogen and oxygen atoms in total. The molecule has 0 spiro atoms. The van der Waals surface area contributed by atoms with Crippen LogP contribution in [0.1, 0.15) is 50.0 Å². The first kappa shape index (κ1) is 20.3. The molecular weight excluding hydrogens is 356 g/mol. The lowest BCUT2D eigenvalue weighted by Crippen LogP contribution is -2.42. The predicted octanol–water partition coefficient (Wildman–Crippen LogP) is 3.92. The first-order valence-corrected chi connectivity index (χ1v) is 9.88. The number of nitrogens with one attached hydrogen (secondary N) is 1. The summed E-state index contributed by atoms with van der Waals surface area (Å²) in [4.78, 5) is 15.1. The summed E-state index contributed by atoms with van der Waals surface area (Å²) in [5.41, 5.74) is 0.897. The number of hydrogen-bond acceptors (Lipinski definition) is 5. The van der Waals surface area contributed by atoms with Crippen molar-refractivity contribution in [3.8, 4) is 11.5 Å². The molecule has 1 heterocycles. The van der Waals surface area contributed by atoms with E-state index >= 15 is 0 Å². The van der Waals surface area contributed by atoms with Gasteiger partial charge in [0, 0.05) is 11.6 Å². The zero-order chi connectivity index (χ0) is 19.9. The maximum Gasteiger partial charge on any atom is 0.234 e. The van der Waals surface area contributed by atoms with Gasteiger partial charge in [-0.2, -0.15) is 0 Å². The van der Waals surface area contributed by atoms with Gasteiger partial charge in [0.2, 0.25) is 5.91 Å². The van der Waals surface area contributed by atoms with E-state index in [1.165, 1.54) is 12.8 Å². The van der Waals surface area contributed by atoms with E-state index in [-0.39, 0.29) is 11.9 Å². The van der Waals surface area contributed by atoms with Crippen molar-refractivity contribution in [2.45, 2.75) is 51.2 Å². The Balaban J connectivity index is 1.66. The van der Waals surface area contributed by atoms with Crippen LogP contribution in [0.4, 0.5) is 0 Å². The number of furan rings is 1. The predicted molar refractivity (Wildman–Crippen MR) is 107 cm³/mol. The Labute approximate surface area is 166 Å².